The molecule has 10 rings (SSSR count). The Labute approximate surface area is 307 Å². The fraction of sp³-hybridized carbons (Fsp3) is 0. The normalized spacial score (nSPS) is 11.5. The maximum atomic E-state index is 2.47. The third kappa shape index (κ3) is 5.16. The monoisotopic (exact) mass is 679 g/mol. The number of anilines is 3. The Bertz CT molecular complexity index is 2910. The number of hydrogen-bond donors (Lipinski definition) is 0. The van der Waals surface area contributed by atoms with Gasteiger partial charge in [-0.3, -0.25) is 0 Å². The number of nitrogens with zero attached hydrogens (tertiary/aromatic N) is 1. The molecule has 0 aliphatic rings. The summed E-state index contributed by atoms with van der Waals surface area (Å²) in [4.78, 5) is 2.47. The number of thiophene rings is 1. The van der Waals surface area contributed by atoms with Crippen molar-refractivity contribution >= 4 is 70.1 Å². The summed E-state index contributed by atoms with van der Waals surface area (Å²) < 4.78 is 2.59. The van der Waals surface area contributed by atoms with Gasteiger partial charge in [0, 0.05) is 37.1 Å². The summed E-state index contributed by atoms with van der Waals surface area (Å²) in [6, 6.07) is 73.1. The van der Waals surface area contributed by atoms with E-state index in [-0.39, 0.29) is 0 Å². The molecule has 0 bridgehead atoms. The second-order valence-electron chi connectivity index (χ2n) is 13.3. The van der Waals surface area contributed by atoms with E-state index < -0.39 is 0 Å². The predicted octanol–water partition coefficient (Wildman–Crippen LogP) is 14.8. The van der Waals surface area contributed by atoms with E-state index >= 15 is 0 Å². The minimum atomic E-state index is 1.12. The molecule has 1 aromatic heterocycles. The van der Waals surface area contributed by atoms with Crippen LogP contribution in [0.4, 0.5) is 17.1 Å². The van der Waals surface area contributed by atoms with E-state index in [0.717, 1.165) is 17.1 Å². The summed E-state index contributed by atoms with van der Waals surface area (Å²) in [6.07, 6.45) is 0. The molecule has 10 aromatic rings. The predicted molar refractivity (Wildman–Crippen MR) is 225 cm³/mol. The zero-order valence-electron chi connectivity index (χ0n) is 28.4. The number of rotatable bonds is 6. The molecule has 1 nitrogen and oxygen atoms in total. The third-order valence-electron chi connectivity index (χ3n) is 10.3. The average Bonchev–Trinajstić information content (AvgIpc) is 3.59. The first kappa shape index (κ1) is 30.4. The van der Waals surface area contributed by atoms with E-state index in [0.29, 0.717) is 0 Å². The van der Waals surface area contributed by atoms with Crippen molar-refractivity contribution < 1.29 is 0 Å². The maximum absolute atomic E-state index is 2.47. The largest absolute Gasteiger partial charge is 0.310 e. The lowest BCUT2D eigenvalue weighted by atomic mass is 9.87. The highest BCUT2D eigenvalue weighted by atomic mass is 32.1. The Morgan fingerprint density at radius 3 is 1.69 bits per heavy atom. The molecule has 0 saturated carbocycles. The van der Waals surface area contributed by atoms with E-state index in [4.69, 9.17) is 0 Å². The first-order valence-corrected chi connectivity index (χ1v) is 18.6. The van der Waals surface area contributed by atoms with Crippen LogP contribution in [0.5, 0.6) is 0 Å². The van der Waals surface area contributed by atoms with Crippen molar-refractivity contribution in [1.29, 1.82) is 0 Å². The minimum absolute atomic E-state index is 1.12. The van der Waals surface area contributed by atoms with Gasteiger partial charge in [0.1, 0.15) is 0 Å². The van der Waals surface area contributed by atoms with Gasteiger partial charge in [0.2, 0.25) is 0 Å². The first-order valence-electron chi connectivity index (χ1n) is 17.8. The summed E-state index contributed by atoms with van der Waals surface area (Å²) in [5.74, 6) is 0. The van der Waals surface area contributed by atoms with Crippen LogP contribution in [0.25, 0.3) is 75.1 Å². The van der Waals surface area contributed by atoms with Crippen LogP contribution in [-0.4, -0.2) is 0 Å². The molecule has 0 N–H and O–H groups in total. The molecular formula is C50H33NS. The van der Waals surface area contributed by atoms with Crippen LogP contribution in [0.1, 0.15) is 0 Å². The summed E-state index contributed by atoms with van der Waals surface area (Å²) in [5, 5.41) is 7.60. The summed E-state index contributed by atoms with van der Waals surface area (Å²) >= 11 is 1.86. The fourth-order valence-corrected chi connectivity index (χ4v) is 9.00. The zero-order chi connectivity index (χ0) is 34.4. The molecule has 244 valence electrons. The Morgan fingerprint density at radius 2 is 0.885 bits per heavy atom. The molecule has 0 atom stereocenters. The molecule has 0 radical (unpaired) electrons. The second kappa shape index (κ2) is 12.7. The zero-order valence-corrected chi connectivity index (χ0v) is 29.2. The van der Waals surface area contributed by atoms with Crippen LogP contribution in [0.3, 0.4) is 0 Å². The van der Waals surface area contributed by atoms with Gasteiger partial charge in [-0.15, -0.1) is 11.3 Å². The second-order valence-corrected chi connectivity index (χ2v) is 14.4. The van der Waals surface area contributed by atoms with Gasteiger partial charge >= 0.3 is 0 Å². The highest BCUT2D eigenvalue weighted by Crippen LogP contribution is 2.49. The summed E-state index contributed by atoms with van der Waals surface area (Å²) in [5.41, 5.74) is 10.6. The van der Waals surface area contributed by atoms with Crippen LogP contribution in [0.2, 0.25) is 0 Å². The van der Waals surface area contributed by atoms with Crippen molar-refractivity contribution in [3.63, 3.8) is 0 Å². The SMILES string of the molecule is c1ccc(-c2ccccc2-c2c(-c3ccccc3)cccc2N(c2ccc3c(ccc4ccccc43)c2)c2ccc3c(c2)sc2ccccc23)cc1. The number of hydrogen-bond acceptors (Lipinski definition) is 2. The lowest BCUT2D eigenvalue weighted by Gasteiger charge is -2.30. The van der Waals surface area contributed by atoms with E-state index in [1.807, 2.05) is 11.3 Å². The van der Waals surface area contributed by atoms with Crippen LogP contribution < -0.4 is 4.90 Å². The molecule has 1 heterocycles. The number of fused-ring (bicyclic) bond motifs is 6. The number of benzene rings is 9. The van der Waals surface area contributed by atoms with E-state index in [9.17, 15) is 0 Å². The minimum Gasteiger partial charge on any atom is -0.310 e. The molecule has 52 heavy (non-hydrogen) atoms. The molecule has 0 unspecified atom stereocenters. The standard InChI is InChI=1S/C50H33NS/c1-3-14-34(15-4-1)41-20-9-10-22-46(41)50-43(35-16-5-2-6-17-35)23-13-24-47(50)51(39-29-31-45-44-21-11-12-25-48(44)52-49(45)33-39)38-28-30-42-37(32-38)27-26-36-18-7-8-19-40(36)42/h1-33H. The lowest BCUT2D eigenvalue weighted by molar-refractivity contribution is 1.30. The molecular weight excluding hydrogens is 647 g/mol. The highest BCUT2D eigenvalue weighted by molar-refractivity contribution is 7.25. The molecule has 0 aliphatic heterocycles. The van der Waals surface area contributed by atoms with Crippen molar-refractivity contribution in [2.24, 2.45) is 0 Å². The fourth-order valence-electron chi connectivity index (χ4n) is 7.86. The summed E-state index contributed by atoms with van der Waals surface area (Å²) in [7, 11) is 0. The maximum Gasteiger partial charge on any atom is 0.0546 e. The van der Waals surface area contributed by atoms with E-state index in [2.05, 4.69) is 205 Å². The van der Waals surface area contributed by atoms with Gasteiger partial charge in [-0.25, -0.2) is 0 Å². The van der Waals surface area contributed by atoms with Crippen molar-refractivity contribution in [2.75, 3.05) is 4.90 Å². The molecule has 0 aliphatic carbocycles. The van der Waals surface area contributed by atoms with Crippen LogP contribution >= 0.6 is 11.3 Å². The topological polar surface area (TPSA) is 3.24 Å². The van der Waals surface area contributed by atoms with Crippen LogP contribution in [0.15, 0.2) is 200 Å². The van der Waals surface area contributed by atoms with Gasteiger partial charge in [0.05, 0.1) is 5.69 Å². The van der Waals surface area contributed by atoms with Gasteiger partial charge in [-0.2, -0.15) is 0 Å². The van der Waals surface area contributed by atoms with Crippen molar-refractivity contribution in [3.05, 3.63) is 200 Å². The Morgan fingerprint density at radius 1 is 0.327 bits per heavy atom. The highest BCUT2D eigenvalue weighted by Gasteiger charge is 2.23. The molecule has 0 fully saturated rings. The smallest absolute Gasteiger partial charge is 0.0546 e. The quantitative estimate of drug-likeness (QED) is 0.158. The lowest BCUT2D eigenvalue weighted by Crippen LogP contribution is -2.12. The molecule has 0 saturated heterocycles. The Kier molecular flexibility index (Phi) is 7.41. The van der Waals surface area contributed by atoms with E-state index in [1.54, 1.807) is 0 Å². The Balaban J connectivity index is 1.28. The van der Waals surface area contributed by atoms with Gasteiger partial charge in [0.25, 0.3) is 0 Å². The molecule has 0 spiro atoms. The molecule has 2 heteroatoms. The van der Waals surface area contributed by atoms with Crippen molar-refractivity contribution in [3.8, 4) is 33.4 Å². The van der Waals surface area contributed by atoms with E-state index in [1.165, 1.54) is 75.1 Å². The van der Waals surface area contributed by atoms with Gasteiger partial charge in [-0.1, -0.05) is 164 Å². The van der Waals surface area contributed by atoms with Gasteiger partial charge < -0.3 is 4.90 Å². The van der Waals surface area contributed by atoms with Crippen LogP contribution in [-0.2, 0) is 0 Å². The summed E-state index contributed by atoms with van der Waals surface area (Å²) in [6.45, 7) is 0. The third-order valence-corrected chi connectivity index (χ3v) is 11.4. The van der Waals surface area contributed by atoms with Crippen molar-refractivity contribution in [2.45, 2.75) is 0 Å². The molecule has 9 aromatic carbocycles. The van der Waals surface area contributed by atoms with Crippen LogP contribution in [0, 0.1) is 0 Å². The van der Waals surface area contributed by atoms with Gasteiger partial charge in [0.15, 0.2) is 0 Å². The molecule has 0 amide bonds. The Hall–Kier alpha value is -6.48. The first-order chi connectivity index (χ1) is 25.8. The van der Waals surface area contributed by atoms with Gasteiger partial charge in [-0.05, 0) is 85.8 Å². The average molecular weight is 680 g/mol. The van der Waals surface area contributed by atoms with Crippen molar-refractivity contribution in [1.82, 2.24) is 0 Å².